The summed E-state index contributed by atoms with van der Waals surface area (Å²) in [6, 6.07) is 10.0. The monoisotopic (exact) mass is 389 g/mol. The fourth-order valence-corrected chi connectivity index (χ4v) is 3.30. The molecule has 0 saturated heterocycles. The zero-order chi connectivity index (χ0) is 19.8. The second kappa shape index (κ2) is 6.99. The molecule has 6 nitrogen and oxygen atoms in total. The molecule has 0 fully saturated rings. The predicted octanol–water partition coefficient (Wildman–Crippen LogP) is 4.13. The van der Waals surface area contributed by atoms with Crippen LogP contribution in [0.3, 0.4) is 0 Å². The van der Waals surface area contributed by atoms with Gasteiger partial charge >= 0.3 is 6.61 Å². The van der Waals surface area contributed by atoms with E-state index in [0.717, 1.165) is 29.4 Å². The van der Waals surface area contributed by atoms with Crippen molar-refractivity contribution in [2.24, 2.45) is 0 Å². The zero-order valence-electron chi connectivity index (χ0n) is 14.6. The third-order valence-electron chi connectivity index (χ3n) is 4.45. The van der Waals surface area contributed by atoms with E-state index in [2.05, 4.69) is 14.9 Å². The summed E-state index contributed by atoms with van der Waals surface area (Å²) < 4.78 is 48.6. The molecule has 0 bridgehead atoms. The molecule has 9 heteroatoms. The van der Waals surface area contributed by atoms with Crippen LogP contribution in [-0.4, -0.2) is 22.7 Å². The minimum Gasteiger partial charge on any atom is -0.435 e. The average Bonchev–Trinajstić information content (AvgIpc) is 3.27. The van der Waals surface area contributed by atoms with Gasteiger partial charge in [-0.2, -0.15) is 13.8 Å². The number of rotatable bonds is 4. The Balaban J connectivity index is 1.68. The molecule has 1 atom stereocenters. The highest BCUT2D eigenvalue weighted by atomic mass is 19.3. The molecule has 0 spiro atoms. The number of amides is 1. The van der Waals surface area contributed by atoms with Gasteiger partial charge in [-0.25, -0.2) is 4.39 Å². The van der Waals surface area contributed by atoms with Crippen LogP contribution in [0.25, 0.3) is 11.4 Å². The van der Waals surface area contributed by atoms with Gasteiger partial charge in [0.25, 0.3) is 5.89 Å². The van der Waals surface area contributed by atoms with E-state index in [4.69, 9.17) is 4.52 Å². The summed E-state index contributed by atoms with van der Waals surface area (Å²) in [6.07, 6.45) is 0.467. The molecule has 2 heterocycles. The van der Waals surface area contributed by atoms with Gasteiger partial charge in [-0.1, -0.05) is 23.4 Å². The van der Waals surface area contributed by atoms with E-state index in [0.29, 0.717) is 6.42 Å². The highest BCUT2D eigenvalue weighted by Crippen LogP contribution is 2.40. The molecule has 2 aromatic carbocycles. The number of anilines is 1. The Morgan fingerprint density at radius 2 is 2.07 bits per heavy atom. The first-order valence-corrected chi connectivity index (χ1v) is 8.40. The van der Waals surface area contributed by atoms with Gasteiger partial charge in [0.1, 0.15) is 17.6 Å². The normalized spacial score (nSPS) is 15.8. The molecule has 0 N–H and O–H groups in total. The summed E-state index contributed by atoms with van der Waals surface area (Å²) >= 11 is 0. The van der Waals surface area contributed by atoms with Gasteiger partial charge in [0.2, 0.25) is 11.7 Å². The highest BCUT2D eigenvalue weighted by molar-refractivity contribution is 5.94. The molecule has 1 aliphatic rings. The first-order chi connectivity index (χ1) is 13.4. The quantitative estimate of drug-likeness (QED) is 0.671. The lowest BCUT2D eigenvalue weighted by atomic mass is 10.1. The van der Waals surface area contributed by atoms with Gasteiger partial charge < -0.3 is 9.26 Å². The number of nitrogens with zero attached hydrogens (tertiary/aromatic N) is 3. The predicted molar refractivity (Wildman–Crippen MR) is 92.4 cm³/mol. The van der Waals surface area contributed by atoms with Crippen LogP contribution in [-0.2, 0) is 11.2 Å². The highest BCUT2D eigenvalue weighted by Gasteiger charge is 2.36. The van der Waals surface area contributed by atoms with E-state index >= 15 is 0 Å². The maximum atomic E-state index is 14.2. The van der Waals surface area contributed by atoms with E-state index in [1.807, 2.05) is 24.3 Å². The van der Waals surface area contributed by atoms with Crippen LogP contribution in [0.15, 0.2) is 47.0 Å². The molecular weight excluding hydrogens is 375 g/mol. The first kappa shape index (κ1) is 18.0. The maximum absolute atomic E-state index is 14.2. The number of carbonyl (C=O) groups is 1. The fourth-order valence-electron chi connectivity index (χ4n) is 3.30. The number of carbonyl (C=O) groups excluding carboxylic acids is 1. The van der Waals surface area contributed by atoms with Gasteiger partial charge in [-0.3, -0.25) is 9.69 Å². The lowest BCUT2D eigenvalue weighted by Crippen LogP contribution is -2.30. The summed E-state index contributed by atoms with van der Waals surface area (Å²) in [5, 5.41) is 3.76. The number of hydrogen-bond donors (Lipinski definition) is 0. The number of halogens is 3. The number of benzene rings is 2. The van der Waals surface area contributed by atoms with E-state index in [9.17, 15) is 18.0 Å². The average molecular weight is 389 g/mol. The number of para-hydroxylation sites is 1. The van der Waals surface area contributed by atoms with Crippen molar-refractivity contribution in [3.63, 3.8) is 0 Å². The van der Waals surface area contributed by atoms with Crippen molar-refractivity contribution in [3.05, 3.63) is 59.7 Å². The Hall–Kier alpha value is -3.36. The zero-order valence-corrected chi connectivity index (χ0v) is 14.6. The Morgan fingerprint density at radius 3 is 2.82 bits per heavy atom. The number of alkyl halides is 2. The van der Waals surface area contributed by atoms with Crippen LogP contribution in [0.2, 0.25) is 0 Å². The largest absolute Gasteiger partial charge is 0.435 e. The van der Waals surface area contributed by atoms with Crippen molar-refractivity contribution < 1.29 is 27.2 Å². The van der Waals surface area contributed by atoms with Crippen LogP contribution in [0.4, 0.5) is 18.9 Å². The molecule has 28 heavy (non-hydrogen) atoms. The number of ether oxygens (including phenoxy) is 1. The Morgan fingerprint density at radius 1 is 1.29 bits per heavy atom. The second-order valence-corrected chi connectivity index (χ2v) is 6.21. The topological polar surface area (TPSA) is 68.5 Å². The third kappa shape index (κ3) is 3.19. The Labute approximate surface area is 157 Å². The summed E-state index contributed by atoms with van der Waals surface area (Å²) in [5.41, 5.74) is 1.55. The molecule has 0 unspecified atom stereocenters. The van der Waals surface area contributed by atoms with E-state index in [1.54, 1.807) is 4.90 Å². The van der Waals surface area contributed by atoms with E-state index in [1.165, 1.54) is 6.92 Å². The second-order valence-electron chi connectivity index (χ2n) is 6.21. The first-order valence-electron chi connectivity index (χ1n) is 8.40. The summed E-state index contributed by atoms with van der Waals surface area (Å²) in [5.74, 6) is -1.13. The van der Waals surface area contributed by atoms with Gasteiger partial charge in [-0.05, 0) is 29.8 Å². The fraction of sp³-hybridized carbons (Fsp3) is 0.211. The van der Waals surface area contributed by atoms with Crippen molar-refractivity contribution >= 4 is 11.6 Å². The van der Waals surface area contributed by atoms with Crippen molar-refractivity contribution in [2.75, 3.05) is 4.90 Å². The molecule has 1 aromatic heterocycles. The van der Waals surface area contributed by atoms with E-state index < -0.39 is 18.5 Å². The van der Waals surface area contributed by atoms with E-state index in [-0.39, 0.29) is 28.9 Å². The smallest absolute Gasteiger partial charge is 0.387 e. The molecular formula is C19H14F3N3O3. The van der Waals surface area contributed by atoms with Gasteiger partial charge in [0.05, 0.1) is 5.56 Å². The van der Waals surface area contributed by atoms with Crippen LogP contribution < -0.4 is 9.64 Å². The molecule has 3 aromatic rings. The lowest BCUT2D eigenvalue weighted by molar-refractivity contribution is -0.117. The molecule has 1 aliphatic heterocycles. The number of aromatic nitrogens is 2. The Kier molecular flexibility index (Phi) is 4.50. The summed E-state index contributed by atoms with van der Waals surface area (Å²) in [6.45, 7) is -1.61. The van der Waals surface area contributed by atoms with Crippen molar-refractivity contribution in [1.82, 2.24) is 10.1 Å². The number of hydrogen-bond acceptors (Lipinski definition) is 5. The molecule has 1 amide bonds. The van der Waals surface area contributed by atoms with Gasteiger partial charge in [0, 0.05) is 19.0 Å². The SMILES string of the molecule is CC(=O)N1c2ccccc2C[C@H]1c1nc(-c2cc(OC(F)F)ccc2F)no1. The number of fused-ring (bicyclic) bond motifs is 1. The van der Waals surface area contributed by atoms with Gasteiger partial charge in [-0.15, -0.1) is 0 Å². The van der Waals surface area contributed by atoms with Gasteiger partial charge in [0.15, 0.2) is 0 Å². The third-order valence-corrected chi connectivity index (χ3v) is 4.45. The molecule has 0 radical (unpaired) electrons. The van der Waals surface area contributed by atoms with Crippen molar-refractivity contribution in [3.8, 4) is 17.1 Å². The van der Waals surface area contributed by atoms with Crippen molar-refractivity contribution in [1.29, 1.82) is 0 Å². The molecule has 4 rings (SSSR count). The van der Waals surface area contributed by atoms with Crippen LogP contribution >= 0.6 is 0 Å². The Bertz CT molecular complexity index is 1040. The summed E-state index contributed by atoms with van der Waals surface area (Å²) in [7, 11) is 0. The standard InChI is InChI=1S/C19H14F3N3O3/c1-10(26)25-15-5-3-2-4-11(15)8-16(25)18-23-17(24-28-18)13-9-12(27-19(21)22)6-7-14(13)20/h2-7,9,16,19H,8H2,1H3/t16-/m0/s1. The molecule has 144 valence electrons. The summed E-state index contributed by atoms with van der Waals surface area (Å²) in [4.78, 5) is 17.9. The minimum atomic E-state index is -3.04. The minimum absolute atomic E-state index is 0.119. The van der Waals surface area contributed by atoms with Crippen molar-refractivity contribution in [2.45, 2.75) is 26.0 Å². The lowest BCUT2D eigenvalue weighted by Gasteiger charge is -2.21. The van der Waals surface area contributed by atoms with Crippen LogP contribution in [0.1, 0.15) is 24.4 Å². The molecule has 0 saturated carbocycles. The van der Waals surface area contributed by atoms with Crippen LogP contribution in [0, 0.1) is 5.82 Å². The molecule has 0 aliphatic carbocycles. The van der Waals surface area contributed by atoms with Crippen LogP contribution in [0.5, 0.6) is 5.75 Å². The maximum Gasteiger partial charge on any atom is 0.387 e.